The molecule has 1 N–H and O–H groups in total. The summed E-state index contributed by atoms with van der Waals surface area (Å²) >= 11 is 7.53. The number of amides is 1. The van der Waals surface area contributed by atoms with Crippen molar-refractivity contribution < 1.29 is 13.9 Å². The second-order valence-corrected chi connectivity index (χ2v) is 8.02. The molecule has 0 saturated carbocycles. The molecule has 31 heavy (non-hydrogen) atoms. The molecule has 0 bridgehead atoms. The summed E-state index contributed by atoms with van der Waals surface area (Å²) in [6.07, 6.45) is 0. The van der Waals surface area contributed by atoms with Crippen LogP contribution < -0.4 is 10.1 Å². The number of hydrogen-bond acceptors (Lipinski definition) is 4. The van der Waals surface area contributed by atoms with Crippen molar-refractivity contribution in [1.29, 1.82) is 0 Å². The molecule has 4 nitrogen and oxygen atoms in total. The summed E-state index contributed by atoms with van der Waals surface area (Å²) in [6.45, 7) is 0.618. The van der Waals surface area contributed by atoms with Crippen molar-refractivity contribution in [3.63, 3.8) is 0 Å². The smallest absolute Gasteiger partial charge is 0.271 e. The number of aromatic nitrogens is 1. The summed E-state index contributed by atoms with van der Waals surface area (Å²) in [5.41, 5.74) is 2.83. The molecule has 0 fully saturated rings. The molecular weight excluding hydrogens is 435 g/mol. The van der Waals surface area contributed by atoms with E-state index in [1.807, 2.05) is 48.5 Å². The normalized spacial score (nSPS) is 10.6. The van der Waals surface area contributed by atoms with Crippen LogP contribution in [0.15, 0.2) is 78.2 Å². The summed E-state index contributed by atoms with van der Waals surface area (Å²) in [5.74, 6) is 0.0849. The van der Waals surface area contributed by atoms with E-state index >= 15 is 0 Å². The second kappa shape index (κ2) is 9.73. The molecule has 0 spiro atoms. The first-order valence-corrected chi connectivity index (χ1v) is 10.8. The molecular formula is C24H18ClFN2O2S. The Balaban J connectivity index is 1.36. The van der Waals surface area contributed by atoms with Crippen LogP contribution in [0.3, 0.4) is 0 Å². The summed E-state index contributed by atoms with van der Waals surface area (Å²) in [6, 6.07) is 21.2. The zero-order valence-electron chi connectivity index (χ0n) is 16.3. The van der Waals surface area contributed by atoms with Crippen LogP contribution in [0.1, 0.15) is 21.6 Å². The fraction of sp³-hybridized carbons (Fsp3) is 0.0833. The van der Waals surface area contributed by atoms with Gasteiger partial charge in [-0.25, -0.2) is 9.37 Å². The van der Waals surface area contributed by atoms with Crippen LogP contribution in [0.5, 0.6) is 5.75 Å². The van der Waals surface area contributed by atoms with Gasteiger partial charge in [-0.2, -0.15) is 0 Å². The predicted octanol–water partition coefficient (Wildman–Crippen LogP) is 6.11. The van der Waals surface area contributed by atoms with E-state index in [-0.39, 0.29) is 18.3 Å². The van der Waals surface area contributed by atoms with E-state index in [1.165, 1.54) is 23.5 Å². The number of thiazole rings is 1. The van der Waals surface area contributed by atoms with E-state index in [0.717, 1.165) is 16.1 Å². The average Bonchev–Trinajstić information content (AvgIpc) is 3.28. The van der Waals surface area contributed by atoms with Gasteiger partial charge in [0.1, 0.15) is 28.9 Å². The summed E-state index contributed by atoms with van der Waals surface area (Å²) in [4.78, 5) is 16.8. The minimum absolute atomic E-state index is 0.237. The Morgan fingerprint density at radius 3 is 2.65 bits per heavy atom. The van der Waals surface area contributed by atoms with Crippen molar-refractivity contribution in [2.24, 2.45) is 0 Å². The van der Waals surface area contributed by atoms with E-state index < -0.39 is 0 Å². The highest BCUT2D eigenvalue weighted by molar-refractivity contribution is 7.13. The van der Waals surface area contributed by atoms with Gasteiger partial charge >= 0.3 is 0 Å². The molecule has 0 saturated heterocycles. The highest BCUT2D eigenvalue weighted by atomic mass is 35.5. The maximum atomic E-state index is 13.2. The van der Waals surface area contributed by atoms with Crippen molar-refractivity contribution in [3.8, 4) is 16.3 Å². The van der Waals surface area contributed by atoms with Gasteiger partial charge in [0, 0.05) is 28.1 Å². The van der Waals surface area contributed by atoms with Crippen LogP contribution in [0, 0.1) is 5.82 Å². The number of halogens is 2. The SMILES string of the molecule is O=C(NCc1cccc(F)c1)c1csc(-c2ccc(OCc3ccccc3Cl)cc2)n1. The summed E-state index contributed by atoms with van der Waals surface area (Å²) in [5, 5.41) is 5.87. The molecule has 156 valence electrons. The molecule has 3 aromatic carbocycles. The first kappa shape index (κ1) is 21.0. The van der Waals surface area contributed by atoms with Gasteiger partial charge in [-0.05, 0) is 48.0 Å². The molecule has 1 aromatic heterocycles. The van der Waals surface area contributed by atoms with Gasteiger partial charge < -0.3 is 10.1 Å². The molecule has 1 amide bonds. The van der Waals surface area contributed by atoms with Crippen molar-refractivity contribution in [2.75, 3.05) is 0 Å². The van der Waals surface area contributed by atoms with Gasteiger partial charge in [-0.1, -0.05) is 41.9 Å². The highest BCUT2D eigenvalue weighted by Crippen LogP contribution is 2.26. The standard InChI is InChI=1S/C24H18ClFN2O2S/c25-21-7-2-1-5-18(21)14-30-20-10-8-17(9-11-20)24-28-22(15-31-24)23(29)27-13-16-4-3-6-19(26)12-16/h1-12,15H,13-14H2,(H,27,29). The Morgan fingerprint density at radius 1 is 1.06 bits per heavy atom. The molecule has 1 heterocycles. The zero-order chi connectivity index (χ0) is 21.6. The Labute approximate surface area is 188 Å². The van der Waals surface area contributed by atoms with Crippen LogP contribution in [0.4, 0.5) is 4.39 Å². The third-order valence-electron chi connectivity index (χ3n) is 4.53. The molecule has 0 unspecified atom stereocenters. The number of hydrogen-bond donors (Lipinski definition) is 1. The Bertz CT molecular complexity index is 1190. The lowest BCUT2D eigenvalue weighted by molar-refractivity contribution is 0.0946. The molecule has 0 atom stereocenters. The molecule has 0 radical (unpaired) electrons. The van der Waals surface area contributed by atoms with Gasteiger partial charge in [0.2, 0.25) is 0 Å². The third-order valence-corrected chi connectivity index (χ3v) is 5.79. The number of rotatable bonds is 7. The van der Waals surface area contributed by atoms with Crippen LogP contribution in [0.25, 0.3) is 10.6 Å². The number of carbonyl (C=O) groups is 1. The minimum Gasteiger partial charge on any atom is -0.489 e. The number of nitrogens with one attached hydrogen (secondary N) is 1. The maximum Gasteiger partial charge on any atom is 0.271 e. The Kier molecular flexibility index (Phi) is 6.60. The maximum absolute atomic E-state index is 13.2. The zero-order valence-corrected chi connectivity index (χ0v) is 17.9. The van der Waals surface area contributed by atoms with Crippen LogP contribution in [0.2, 0.25) is 5.02 Å². The van der Waals surface area contributed by atoms with E-state index in [1.54, 1.807) is 17.5 Å². The van der Waals surface area contributed by atoms with E-state index in [9.17, 15) is 9.18 Å². The van der Waals surface area contributed by atoms with Gasteiger partial charge in [-0.15, -0.1) is 11.3 Å². The fourth-order valence-corrected chi connectivity index (χ4v) is 3.90. The van der Waals surface area contributed by atoms with Crippen molar-refractivity contribution in [2.45, 2.75) is 13.2 Å². The van der Waals surface area contributed by atoms with Gasteiger partial charge in [0.15, 0.2) is 0 Å². The average molecular weight is 453 g/mol. The first-order chi connectivity index (χ1) is 15.1. The third kappa shape index (κ3) is 5.48. The molecule has 4 aromatic rings. The van der Waals surface area contributed by atoms with Crippen LogP contribution in [-0.4, -0.2) is 10.9 Å². The van der Waals surface area contributed by atoms with E-state index in [0.29, 0.717) is 28.6 Å². The number of carbonyl (C=O) groups excluding carboxylic acids is 1. The second-order valence-electron chi connectivity index (χ2n) is 6.75. The monoisotopic (exact) mass is 452 g/mol. The van der Waals surface area contributed by atoms with Crippen LogP contribution >= 0.6 is 22.9 Å². The van der Waals surface area contributed by atoms with Crippen molar-refractivity contribution in [1.82, 2.24) is 10.3 Å². The predicted molar refractivity (Wildman–Crippen MR) is 121 cm³/mol. The van der Waals surface area contributed by atoms with Crippen molar-refractivity contribution in [3.05, 3.63) is 106 Å². The fourth-order valence-electron chi connectivity index (χ4n) is 2.90. The molecule has 7 heteroatoms. The van der Waals surface area contributed by atoms with Gasteiger partial charge in [0.05, 0.1) is 0 Å². The van der Waals surface area contributed by atoms with Crippen LogP contribution in [-0.2, 0) is 13.2 Å². The van der Waals surface area contributed by atoms with Gasteiger partial charge in [0.25, 0.3) is 5.91 Å². The molecule has 0 aliphatic carbocycles. The number of ether oxygens (including phenoxy) is 1. The lowest BCUT2D eigenvalue weighted by atomic mass is 10.2. The van der Waals surface area contributed by atoms with Crippen molar-refractivity contribution >= 4 is 28.8 Å². The largest absolute Gasteiger partial charge is 0.489 e. The molecule has 0 aliphatic heterocycles. The summed E-state index contributed by atoms with van der Waals surface area (Å²) in [7, 11) is 0. The Morgan fingerprint density at radius 2 is 1.87 bits per heavy atom. The first-order valence-electron chi connectivity index (χ1n) is 9.53. The Hall–Kier alpha value is -3.22. The van der Waals surface area contributed by atoms with E-state index in [4.69, 9.17) is 16.3 Å². The topological polar surface area (TPSA) is 51.2 Å². The highest BCUT2D eigenvalue weighted by Gasteiger charge is 2.12. The quantitative estimate of drug-likeness (QED) is 0.368. The van der Waals surface area contributed by atoms with Gasteiger partial charge in [-0.3, -0.25) is 4.79 Å². The molecule has 0 aliphatic rings. The lowest BCUT2D eigenvalue weighted by Gasteiger charge is -2.08. The lowest BCUT2D eigenvalue weighted by Crippen LogP contribution is -2.23. The summed E-state index contributed by atoms with van der Waals surface area (Å²) < 4.78 is 19.0. The minimum atomic E-state index is -0.331. The number of nitrogens with zero attached hydrogens (tertiary/aromatic N) is 1. The number of benzene rings is 3. The molecule has 4 rings (SSSR count). The van der Waals surface area contributed by atoms with E-state index in [2.05, 4.69) is 10.3 Å².